The van der Waals surface area contributed by atoms with Crippen LogP contribution in [0.4, 0.5) is 0 Å². The molecule has 2 aromatic carbocycles. The highest BCUT2D eigenvalue weighted by atomic mass is 35.5. The summed E-state index contributed by atoms with van der Waals surface area (Å²) in [6.07, 6.45) is 4.20. The lowest BCUT2D eigenvalue weighted by Crippen LogP contribution is -2.45. The van der Waals surface area contributed by atoms with Gasteiger partial charge in [0.2, 0.25) is 6.79 Å². The number of hydrogen-bond donors (Lipinski definition) is 0. The molecule has 0 aromatic heterocycles. The van der Waals surface area contributed by atoms with Gasteiger partial charge in [-0.25, -0.2) is 0 Å². The number of methoxy groups -OCH3 is 1. The Balaban J connectivity index is 0.00000274. The average Bonchev–Trinajstić information content (AvgIpc) is 3.31. The van der Waals surface area contributed by atoms with E-state index in [0.29, 0.717) is 18.3 Å². The van der Waals surface area contributed by atoms with E-state index in [-0.39, 0.29) is 25.1 Å². The summed E-state index contributed by atoms with van der Waals surface area (Å²) in [4.78, 5) is 17.7. The van der Waals surface area contributed by atoms with Crippen LogP contribution in [0.25, 0.3) is 0 Å². The number of nitrogens with zero attached hydrogens (tertiary/aromatic N) is 2. The fourth-order valence-corrected chi connectivity index (χ4v) is 5.08. The maximum absolute atomic E-state index is 13.2. The largest absolute Gasteiger partial charge is 0.497 e. The van der Waals surface area contributed by atoms with Crippen LogP contribution in [-0.4, -0.2) is 68.9 Å². The zero-order chi connectivity index (χ0) is 22.6. The highest BCUT2D eigenvalue weighted by Crippen LogP contribution is 2.37. The van der Waals surface area contributed by atoms with Crippen LogP contribution < -0.4 is 18.9 Å². The Kier molecular flexibility index (Phi) is 8.06. The molecule has 0 saturated carbocycles. The van der Waals surface area contributed by atoms with Gasteiger partial charge in [-0.1, -0.05) is 6.07 Å². The Morgan fingerprint density at radius 3 is 2.76 bits per heavy atom. The molecule has 0 bridgehead atoms. The van der Waals surface area contributed by atoms with E-state index in [2.05, 4.69) is 4.90 Å². The molecule has 1 atom stereocenters. The summed E-state index contributed by atoms with van der Waals surface area (Å²) in [6, 6.07) is 11.6. The van der Waals surface area contributed by atoms with Crippen molar-refractivity contribution in [3.63, 3.8) is 0 Å². The lowest BCUT2D eigenvalue weighted by atomic mass is 9.94. The smallest absolute Gasteiger partial charge is 0.254 e. The molecule has 3 aliphatic heterocycles. The lowest BCUT2D eigenvalue weighted by molar-refractivity contribution is 0.0658. The number of likely N-dealkylation sites (tertiary alicyclic amines) is 1. The Morgan fingerprint density at radius 2 is 1.91 bits per heavy atom. The van der Waals surface area contributed by atoms with Crippen LogP contribution in [0, 0.1) is 5.92 Å². The first-order chi connectivity index (χ1) is 16.2. The van der Waals surface area contributed by atoms with Crippen LogP contribution in [0.15, 0.2) is 36.4 Å². The molecule has 1 amide bonds. The van der Waals surface area contributed by atoms with Crippen molar-refractivity contribution in [1.82, 2.24) is 9.80 Å². The van der Waals surface area contributed by atoms with E-state index in [1.54, 1.807) is 7.11 Å². The molecule has 1 saturated heterocycles. The first-order valence-corrected chi connectivity index (χ1v) is 11.9. The van der Waals surface area contributed by atoms with Gasteiger partial charge >= 0.3 is 0 Å². The second-order valence-electron chi connectivity index (χ2n) is 9.05. The number of amides is 1. The molecule has 5 rings (SSSR count). The minimum atomic E-state index is 0. The molecule has 0 radical (unpaired) electrons. The quantitative estimate of drug-likeness (QED) is 0.523. The van der Waals surface area contributed by atoms with E-state index >= 15 is 0 Å². The SMILES string of the molecule is COc1cccc(OCCCN2CCCC(CN3CCc4cc5c(cc4C3=O)OCO5)C2)c1.Cl. The second kappa shape index (κ2) is 11.2. The lowest BCUT2D eigenvalue weighted by Gasteiger charge is -2.37. The normalized spacial score (nSPS) is 19.4. The van der Waals surface area contributed by atoms with E-state index < -0.39 is 0 Å². The van der Waals surface area contributed by atoms with Gasteiger partial charge < -0.3 is 28.7 Å². The van der Waals surface area contributed by atoms with E-state index in [1.807, 2.05) is 41.3 Å². The van der Waals surface area contributed by atoms with Crippen LogP contribution in [0.3, 0.4) is 0 Å². The van der Waals surface area contributed by atoms with E-state index in [4.69, 9.17) is 18.9 Å². The van der Waals surface area contributed by atoms with Gasteiger partial charge in [0.05, 0.1) is 13.7 Å². The molecule has 7 nitrogen and oxygen atoms in total. The number of halogens is 1. The molecule has 34 heavy (non-hydrogen) atoms. The van der Waals surface area contributed by atoms with Crippen molar-refractivity contribution >= 4 is 18.3 Å². The van der Waals surface area contributed by atoms with Crippen LogP contribution in [0.5, 0.6) is 23.0 Å². The highest BCUT2D eigenvalue weighted by molar-refractivity contribution is 5.97. The van der Waals surface area contributed by atoms with Crippen molar-refractivity contribution in [3.8, 4) is 23.0 Å². The second-order valence-corrected chi connectivity index (χ2v) is 9.05. The summed E-state index contributed by atoms with van der Waals surface area (Å²) in [7, 11) is 1.66. The molecule has 1 fully saturated rings. The summed E-state index contributed by atoms with van der Waals surface area (Å²) in [6.45, 7) is 5.69. The average molecular weight is 489 g/mol. The zero-order valence-corrected chi connectivity index (χ0v) is 20.5. The third kappa shape index (κ3) is 5.53. The van der Waals surface area contributed by atoms with Crippen molar-refractivity contribution in [2.45, 2.75) is 25.7 Å². The van der Waals surface area contributed by atoms with Crippen molar-refractivity contribution in [3.05, 3.63) is 47.5 Å². The standard InChI is InChI=1S/C26H32N2O5.ClH/c1-30-21-6-2-7-22(14-21)31-12-4-10-27-9-3-5-19(16-27)17-28-11-8-20-13-24-25(33-18-32-24)15-23(20)26(28)29;/h2,6-7,13-15,19H,3-5,8-12,16-18H2,1H3;1H. The van der Waals surface area contributed by atoms with Gasteiger partial charge in [-0.3, -0.25) is 4.79 Å². The summed E-state index contributed by atoms with van der Waals surface area (Å²) in [5.74, 6) is 3.73. The van der Waals surface area contributed by atoms with Crippen molar-refractivity contribution in [1.29, 1.82) is 0 Å². The maximum Gasteiger partial charge on any atom is 0.254 e. The third-order valence-electron chi connectivity index (χ3n) is 6.78. The predicted molar refractivity (Wildman–Crippen MR) is 132 cm³/mol. The molecule has 0 spiro atoms. The summed E-state index contributed by atoms with van der Waals surface area (Å²) in [5.41, 5.74) is 1.84. The number of ether oxygens (including phenoxy) is 4. The molecule has 3 heterocycles. The molecule has 3 aliphatic rings. The molecule has 8 heteroatoms. The number of carbonyl (C=O) groups excluding carboxylic acids is 1. The van der Waals surface area contributed by atoms with Crippen LogP contribution in [-0.2, 0) is 6.42 Å². The molecular formula is C26H33ClN2O5. The number of piperidine rings is 1. The number of benzene rings is 2. The van der Waals surface area contributed by atoms with Gasteiger partial charge in [-0.15, -0.1) is 12.4 Å². The molecule has 0 N–H and O–H groups in total. The Hall–Kier alpha value is -2.64. The fraction of sp³-hybridized carbons (Fsp3) is 0.500. The molecule has 1 unspecified atom stereocenters. The van der Waals surface area contributed by atoms with Crippen molar-refractivity contribution in [2.24, 2.45) is 5.92 Å². The maximum atomic E-state index is 13.2. The summed E-state index contributed by atoms with van der Waals surface area (Å²) < 4.78 is 22.1. The van der Waals surface area contributed by atoms with Crippen LogP contribution in [0.1, 0.15) is 35.2 Å². The van der Waals surface area contributed by atoms with E-state index in [0.717, 1.165) is 73.9 Å². The zero-order valence-electron chi connectivity index (χ0n) is 19.7. The van der Waals surface area contributed by atoms with Crippen LogP contribution >= 0.6 is 12.4 Å². The van der Waals surface area contributed by atoms with E-state index in [1.165, 1.54) is 12.8 Å². The summed E-state index contributed by atoms with van der Waals surface area (Å²) >= 11 is 0. The molecule has 184 valence electrons. The minimum Gasteiger partial charge on any atom is -0.497 e. The number of fused-ring (bicyclic) bond motifs is 2. The molecular weight excluding hydrogens is 456 g/mol. The first kappa shape index (κ1) is 24.5. The van der Waals surface area contributed by atoms with Gasteiger partial charge in [0.1, 0.15) is 11.5 Å². The topological polar surface area (TPSA) is 60.5 Å². The monoisotopic (exact) mass is 488 g/mol. The highest BCUT2D eigenvalue weighted by Gasteiger charge is 2.30. The predicted octanol–water partition coefficient (Wildman–Crippen LogP) is 4.03. The van der Waals surface area contributed by atoms with E-state index in [9.17, 15) is 4.79 Å². The number of hydrogen-bond acceptors (Lipinski definition) is 6. The van der Waals surface area contributed by atoms with Gasteiger partial charge in [0.15, 0.2) is 11.5 Å². The fourth-order valence-electron chi connectivity index (χ4n) is 5.08. The van der Waals surface area contributed by atoms with Gasteiger partial charge in [0.25, 0.3) is 5.91 Å². The Labute approximate surface area is 207 Å². The van der Waals surface area contributed by atoms with Crippen LogP contribution in [0.2, 0.25) is 0 Å². The van der Waals surface area contributed by atoms with Gasteiger partial charge in [0, 0.05) is 37.8 Å². The van der Waals surface area contributed by atoms with Crippen molar-refractivity contribution in [2.75, 3.05) is 53.2 Å². The third-order valence-corrected chi connectivity index (χ3v) is 6.78. The van der Waals surface area contributed by atoms with Gasteiger partial charge in [-0.05, 0) is 68.0 Å². The Morgan fingerprint density at radius 1 is 1.09 bits per heavy atom. The van der Waals surface area contributed by atoms with Gasteiger partial charge in [-0.2, -0.15) is 0 Å². The first-order valence-electron chi connectivity index (χ1n) is 11.9. The molecule has 2 aromatic rings. The molecule has 0 aliphatic carbocycles. The minimum absolute atomic E-state index is 0. The number of carbonyl (C=O) groups is 1. The number of rotatable bonds is 8. The van der Waals surface area contributed by atoms with Crippen molar-refractivity contribution < 1.29 is 23.7 Å². The Bertz CT molecular complexity index is 1000. The summed E-state index contributed by atoms with van der Waals surface area (Å²) in [5, 5.41) is 0.